The highest BCUT2D eigenvalue weighted by molar-refractivity contribution is 6.33. The van der Waals surface area contributed by atoms with Gasteiger partial charge in [-0.05, 0) is 53.0 Å². The smallest absolute Gasteiger partial charge is 0.343 e. The molecule has 0 aromatic heterocycles. The Kier molecular flexibility index (Phi) is 10.5. The molecule has 184 valence electrons. The lowest BCUT2D eigenvalue weighted by Crippen LogP contribution is -2.34. The van der Waals surface area contributed by atoms with Crippen LogP contribution in [0.2, 0.25) is 5.02 Å². The number of nitrogens with zero attached hydrogens (tertiary/aromatic N) is 2. The summed E-state index contributed by atoms with van der Waals surface area (Å²) in [6.07, 6.45) is -0.141. The molecular weight excluding hydrogens is 456 g/mol. The number of Topliss-reactive ketones (excluding diaryl/α,β-unsaturated/α-hetero) is 1. The van der Waals surface area contributed by atoms with Crippen LogP contribution in [0.25, 0.3) is 0 Å². The number of hydrogen-bond acceptors (Lipinski definition) is 5. The van der Waals surface area contributed by atoms with Gasteiger partial charge in [-0.1, -0.05) is 41.9 Å². The maximum absolute atomic E-state index is 12.7. The zero-order valence-electron chi connectivity index (χ0n) is 20.5. The highest BCUT2D eigenvalue weighted by Crippen LogP contribution is 2.43. The zero-order chi connectivity index (χ0) is 25.3. The Hall–Kier alpha value is -2.90. The van der Waals surface area contributed by atoms with Gasteiger partial charge in [0.25, 0.3) is 0 Å². The van der Waals surface area contributed by atoms with Gasteiger partial charge in [-0.3, -0.25) is 4.79 Å². The number of halogens is 1. The van der Waals surface area contributed by atoms with Crippen LogP contribution in [0.1, 0.15) is 68.2 Å². The summed E-state index contributed by atoms with van der Waals surface area (Å²) in [5.74, 6) is 0.381. The fraction of sp³-hybridized carbons (Fsp3) is 0.423. The number of ketones is 1. The van der Waals surface area contributed by atoms with Crippen LogP contribution in [0, 0.1) is 0 Å². The molecule has 7 nitrogen and oxygen atoms in total. The Morgan fingerprint density at radius 3 is 2.32 bits per heavy atom. The van der Waals surface area contributed by atoms with E-state index in [1.165, 1.54) is 11.8 Å². The predicted octanol–water partition coefficient (Wildman–Crippen LogP) is 6.30. The fourth-order valence-electron chi connectivity index (χ4n) is 3.68. The van der Waals surface area contributed by atoms with Crippen LogP contribution < -0.4 is 9.47 Å². The van der Waals surface area contributed by atoms with Gasteiger partial charge in [-0.15, -0.1) is 0 Å². The second-order valence-electron chi connectivity index (χ2n) is 7.64. The number of carbonyl (C=O) groups is 2. The third-order valence-corrected chi connectivity index (χ3v) is 5.81. The Labute approximate surface area is 206 Å². The quantitative estimate of drug-likeness (QED) is 0.259. The van der Waals surface area contributed by atoms with Crippen molar-refractivity contribution in [2.24, 2.45) is 4.99 Å². The molecular formula is C26H33ClN2O5. The van der Waals surface area contributed by atoms with E-state index in [0.29, 0.717) is 24.5 Å². The molecule has 0 bridgehead atoms. The summed E-state index contributed by atoms with van der Waals surface area (Å²) in [6.45, 7) is 13.4. The van der Waals surface area contributed by atoms with Crippen molar-refractivity contribution in [1.82, 2.24) is 4.90 Å². The van der Waals surface area contributed by atoms with Crippen molar-refractivity contribution in [1.29, 1.82) is 0 Å². The first kappa shape index (κ1) is 27.3. The van der Waals surface area contributed by atoms with Gasteiger partial charge in [0.2, 0.25) is 0 Å². The Balaban J connectivity index is 2.36. The van der Waals surface area contributed by atoms with Crippen molar-refractivity contribution in [2.45, 2.75) is 46.8 Å². The van der Waals surface area contributed by atoms with E-state index in [4.69, 9.17) is 25.8 Å². The van der Waals surface area contributed by atoms with E-state index in [2.05, 4.69) is 11.7 Å². The number of rotatable bonds is 12. The average molecular weight is 489 g/mol. The van der Waals surface area contributed by atoms with Crippen molar-refractivity contribution in [2.75, 3.05) is 26.4 Å². The van der Waals surface area contributed by atoms with E-state index in [0.717, 1.165) is 5.56 Å². The van der Waals surface area contributed by atoms with Gasteiger partial charge in [-0.25, -0.2) is 9.79 Å². The first-order valence-corrected chi connectivity index (χ1v) is 11.7. The van der Waals surface area contributed by atoms with Crippen LogP contribution in [-0.4, -0.2) is 49.8 Å². The van der Waals surface area contributed by atoms with Crippen molar-refractivity contribution < 1.29 is 23.8 Å². The lowest BCUT2D eigenvalue weighted by molar-refractivity contribution is 0.0486. The van der Waals surface area contributed by atoms with Gasteiger partial charge in [0.1, 0.15) is 11.3 Å². The summed E-state index contributed by atoms with van der Waals surface area (Å²) in [7, 11) is 0. The van der Waals surface area contributed by atoms with Gasteiger partial charge < -0.3 is 19.1 Å². The first-order chi connectivity index (χ1) is 16.3. The van der Waals surface area contributed by atoms with Crippen LogP contribution in [-0.2, 0) is 4.74 Å². The summed E-state index contributed by atoms with van der Waals surface area (Å²) < 4.78 is 17.4. The molecule has 0 aliphatic carbocycles. The third kappa shape index (κ3) is 6.58. The number of ether oxygens (including phenoxy) is 3. The van der Waals surface area contributed by atoms with Gasteiger partial charge in [-0.2, -0.15) is 0 Å². The third-order valence-electron chi connectivity index (χ3n) is 5.42. The molecule has 34 heavy (non-hydrogen) atoms. The van der Waals surface area contributed by atoms with Crippen molar-refractivity contribution in [3.63, 3.8) is 0 Å². The molecule has 2 rings (SSSR count). The number of carbonyl (C=O) groups excluding carboxylic acids is 2. The summed E-state index contributed by atoms with van der Waals surface area (Å²) in [5, 5.41) is 0.253. The van der Waals surface area contributed by atoms with Gasteiger partial charge in [0.05, 0.1) is 37.0 Å². The number of benzene rings is 2. The van der Waals surface area contributed by atoms with Crippen molar-refractivity contribution in [3.05, 3.63) is 58.1 Å². The fourth-order valence-corrected chi connectivity index (χ4v) is 4.04. The Bertz CT molecular complexity index is 996. The lowest BCUT2D eigenvalue weighted by Gasteiger charge is -2.30. The minimum Gasteiger partial charge on any atom is -0.493 e. The van der Waals surface area contributed by atoms with Crippen LogP contribution >= 0.6 is 11.6 Å². The highest BCUT2D eigenvalue weighted by Gasteiger charge is 2.29. The molecule has 2 aromatic carbocycles. The predicted molar refractivity (Wildman–Crippen MR) is 135 cm³/mol. The number of hydrogen-bond donors (Lipinski definition) is 0. The monoisotopic (exact) mass is 488 g/mol. The second-order valence-corrected chi connectivity index (χ2v) is 8.02. The zero-order valence-corrected chi connectivity index (χ0v) is 21.2. The Morgan fingerprint density at radius 2 is 1.76 bits per heavy atom. The standard InChI is InChI=1S/C26H33ClN2O5/c1-7-32-22-16-21(24(27)25(33-8-2)23(22)18(4)30)17(3)29(26(31)28-6)14-15-34-19(5)20-12-10-9-11-13-20/h9-13,16-17,19H,6-8,14-15H2,1-5H3/t17-,19+/m1/s1. The number of aliphatic imine (C=N–C) groups is 1. The topological polar surface area (TPSA) is 77.4 Å². The minimum atomic E-state index is -0.513. The van der Waals surface area contributed by atoms with Crippen LogP contribution in [0.4, 0.5) is 4.79 Å². The molecule has 0 spiro atoms. The molecule has 0 saturated heterocycles. The molecule has 0 saturated carbocycles. The van der Waals surface area contributed by atoms with Crippen LogP contribution in [0.5, 0.6) is 11.5 Å². The van der Waals surface area contributed by atoms with E-state index in [-0.39, 0.29) is 41.4 Å². The molecule has 0 N–H and O–H groups in total. The van der Waals surface area contributed by atoms with Crippen LogP contribution in [0.15, 0.2) is 41.4 Å². The van der Waals surface area contributed by atoms with Gasteiger partial charge in [0, 0.05) is 12.1 Å². The molecule has 0 fully saturated rings. The van der Waals surface area contributed by atoms with Crippen molar-refractivity contribution >= 4 is 30.1 Å². The average Bonchev–Trinajstić information content (AvgIpc) is 2.83. The van der Waals surface area contributed by atoms with Gasteiger partial charge >= 0.3 is 6.03 Å². The van der Waals surface area contributed by atoms with E-state index in [9.17, 15) is 9.59 Å². The maximum atomic E-state index is 12.7. The normalized spacial score (nSPS) is 12.5. The second kappa shape index (κ2) is 13.1. The largest absolute Gasteiger partial charge is 0.493 e. The molecule has 0 radical (unpaired) electrons. The van der Waals surface area contributed by atoms with E-state index in [1.807, 2.05) is 51.1 Å². The maximum Gasteiger partial charge on any atom is 0.343 e. The molecule has 2 aromatic rings. The molecule has 0 aliphatic heterocycles. The summed E-state index contributed by atoms with van der Waals surface area (Å²) >= 11 is 6.71. The van der Waals surface area contributed by atoms with Crippen LogP contribution in [0.3, 0.4) is 0 Å². The van der Waals surface area contributed by atoms with Crippen molar-refractivity contribution in [3.8, 4) is 11.5 Å². The SMILES string of the molecule is C=NC(=O)N(CCO[C@@H](C)c1ccccc1)[C@H](C)c1cc(OCC)c(C(C)=O)c(OCC)c1Cl. The number of urea groups is 1. The minimum absolute atomic E-state index is 0.141. The van der Waals surface area contributed by atoms with E-state index in [1.54, 1.807) is 13.0 Å². The molecule has 2 atom stereocenters. The summed E-state index contributed by atoms with van der Waals surface area (Å²) in [5.41, 5.74) is 1.90. The molecule has 0 aliphatic rings. The molecule has 2 amide bonds. The van der Waals surface area contributed by atoms with Gasteiger partial charge in [0.15, 0.2) is 11.5 Å². The van der Waals surface area contributed by atoms with E-state index < -0.39 is 12.1 Å². The highest BCUT2D eigenvalue weighted by atomic mass is 35.5. The molecule has 0 unspecified atom stereocenters. The lowest BCUT2D eigenvalue weighted by atomic mass is 10.0. The Morgan fingerprint density at radius 1 is 1.12 bits per heavy atom. The number of amides is 2. The summed E-state index contributed by atoms with van der Waals surface area (Å²) in [6, 6.07) is 10.5. The molecule has 8 heteroatoms. The van der Waals surface area contributed by atoms with E-state index >= 15 is 0 Å². The first-order valence-electron chi connectivity index (χ1n) is 11.3. The summed E-state index contributed by atoms with van der Waals surface area (Å²) in [4.78, 5) is 30.1. The molecule has 0 heterocycles.